The van der Waals surface area contributed by atoms with Crippen molar-refractivity contribution in [3.8, 4) is 11.4 Å². The van der Waals surface area contributed by atoms with E-state index in [0.29, 0.717) is 5.92 Å². The highest BCUT2D eigenvalue weighted by Crippen LogP contribution is 2.32. The molecule has 3 N–H and O–H groups in total. The van der Waals surface area contributed by atoms with Crippen LogP contribution in [0.2, 0.25) is 0 Å². The molecule has 6 nitrogen and oxygen atoms in total. The lowest BCUT2D eigenvalue weighted by molar-refractivity contribution is -0.114. The van der Waals surface area contributed by atoms with Gasteiger partial charge in [0, 0.05) is 30.4 Å². The van der Waals surface area contributed by atoms with Crippen molar-refractivity contribution in [1.82, 2.24) is 14.5 Å². The Hall–Kier alpha value is -3.64. The number of para-hydroxylation sites is 1. The Bertz CT molecular complexity index is 1410. The zero-order valence-corrected chi connectivity index (χ0v) is 22.1. The fourth-order valence-corrected chi connectivity index (χ4v) is 5.53. The molecular weight excluding hydrogens is 458 g/mol. The number of piperidine rings is 1. The van der Waals surface area contributed by atoms with Crippen molar-refractivity contribution < 1.29 is 4.79 Å². The van der Waals surface area contributed by atoms with E-state index in [0.717, 1.165) is 73.7 Å². The number of fused-ring (bicyclic) bond motifs is 1. The Morgan fingerprint density at radius 1 is 1.00 bits per heavy atom. The molecule has 3 aromatic carbocycles. The highest BCUT2D eigenvalue weighted by Gasteiger charge is 2.21. The Balaban J connectivity index is 1.26. The van der Waals surface area contributed by atoms with E-state index in [1.54, 1.807) is 6.92 Å². The number of nitrogens with two attached hydrogens (primary N) is 1. The molecule has 0 unspecified atom stereocenters. The fourth-order valence-electron chi connectivity index (χ4n) is 5.53. The van der Waals surface area contributed by atoms with Gasteiger partial charge in [0.05, 0.1) is 11.0 Å². The lowest BCUT2D eigenvalue weighted by Gasteiger charge is -2.32. The lowest BCUT2D eigenvalue weighted by Crippen LogP contribution is -2.34. The summed E-state index contributed by atoms with van der Waals surface area (Å²) in [5.74, 6) is 1.47. The van der Waals surface area contributed by atoms with Crippen LogP contribution in [0.1, 0.15) is 48.8 Å². The number of imidazole rings is 1. The molecule has 1 amide bonds. The largest absolute Gasteiger partial charge is 0.398 e. The van der Waals surface area contributed by atoms with Gasteiger partial charge >= 0.3 is 0 Å². The number of hydrogen-bond acceptors (Lipinski definition) is 4. The van der Waals surface area contributed by atoms with Gasteiger partial charge in [-0.15, -0.1) is 0 Å². The highest BCUT2D eigenvalue weighted by molar-refractivity contribution is 5.88. The second-order valence-corrected chi connectivity index (χ2v) is 10.4. The highest BCUT2D eigenvalue weighted by atomic mass is 16.1. The maximum atomic E-state index is 11.4. The van der Waals surface area contributed by atoms with Crippen LogP contribution in [0.3, 0.4) is 0 Å². The van der Waals surface area contributed by atoms with Crippen LogP contribution in [0, 0.1) is 13.8 Å². The van der Waals surface area contributed by atoms with Gasteiger partial charge in [0.15, 0.2) is 0 Å². The van der Waals surface area contributed by atoms with Crippen molar-refractivity contribution in [1.29, 1.82) is 0 Å². The van der Waals surface area contributed by atoms with E-state index >= 15 is 0 Å². The average molecular weight is 496 g/mol. The molecule has 4 aromatic rings. The SMILES string of the molecule is CC(=O)Nc1cccc(C2CCN(CCCn3c(-c4ccccc4N)nc4cc(C)c(C)cc43)CC2)c1. The van der Waals surface area contributed by atoms with Gasteiger partial charge in [0.25, 0.3) is 0 Å². The summed E-state index contributed by atoms with van der Waals surface area (Å²) >= 11 is 0. The summed E-state index contributed by atoms with van der Waals surface area (Å²) in [6, 6.07) is 20.8. The first-order valence-electron chi connectivity index (χ1n) is 13.3. The minimum Gasteiger partial charge on any atom is -0.398 e. The molecule has 0 spiro atoms. The molecule has 37 heavy (non-hydrogen) atoms. The molecule has 1 aromatic heterocycles. The Labute approximate surface area is 219 Å². The Morgan fingerprint density at radius 3 is 2.51 bits per heavy atom. The molecule has 0 atom stereocenters. The van der Waals surface area contributed by atoms with Crippen molar-refractivity contribution in [3.63, 3.8) is 0 Å². The number of anilines is 2. The standard InChI is InChI=1S/C31H37N5O/c1-21-18-29-30(19-22(21)2)36(31(34-29)27-10-4-5-11-28(27)32)15-7-14-35-16-12-24(13-17-35)25-8-6-9-26(20-25)33-23(3)37/h4-6,8-11,18-20,24H,7,12-17,32H2,1-3H3,(H,33,37). The summed E-state index contributed by atoms with van der Waals surface area (Å²) < 4.78 is 2.35. The number of rotatable bonds is 7. The van der Waals surface area contributed by atoms with Crippen molar-refractivity contribution in [3.05, 3.63) is 77.4 Å². The molecule has 1 saturated heterocycles. The molecular formula is C31H37N5O. The summed E-state index contributed by atoms with van der Waals surface area (Å²) in [6.45, 7) is 10.0. The maximum Gasteiger partial charge on any atom is 0.221 e. The number of hydrogen-bond donors (Lipinski definition) is 2. The van der Waals surface area contributed by atoms with Crippen LogP contribution in [0.15, 0.2) is 60.7 Å². The molecule has 0 bridgehead atoms. The minimum absolute atomic E-state index is 0.0268. The zero-order chi connectivity index (χ0) is 25.9. The number of nitrogen functional groups attached to an aromatic ring is 1. The fraction of sp³-hybridized carbons (Fsp3) is 0.355. The first kappa shape index (κ1) is 25.0. The van der Waals surface area contributed by atoms with Crippen molar-refractivity contribution in [2.45, 2.75) is 52.5 Å². The number of nitrogens with one attached hydrogen (secondary N) is 1. The first-order valence-corrected chi connectivity index (χ1v) is 13.3. The van der Waals surface area contributed by atoms with E-state index in [2.05, 4.69) is 59.0 Å². The van der Waals surface area contributed by atoms with Gasteiger partial charge in [0.1, 0.15) is 5.82 Å². The number of aryl methyl sites for hydroxylation is 3. The van der Waals surface area contributed by atoms with Gasteiger partial charge in [-0.05, 0) is 112 Å². The molecule has 0 aliphatic carbocycles. The molecule has 1 aliphatic rings. The summed E-state index contributed by atoms with van der Waals surface area (Å²) in [4.78, 5) is 19.0. The minimum atomic E-state index is -0.0268. The van der Waals surface area contributed by atoms with Crippen LogP contribution >= 0.6 is 0 Å². The topological polar surface area (TPSA) is 76.2 Å². The van der Waals surface area contributed by atoms with Gasteiger partial charge in [-0.3, -0.25) is 4.79 Å². The van der Waals surface area contributed by atoms with Crippen molar-refractivity contribution >= 4 is 28.3 Å². The molecule has 192 valence electrons. The monoisotopic (exact) mass is 495 g/mol. The number of nitrogens with zero attached hydrogens (tertiary/aromatic N) is 3. The summed E-state index contributed by atoms with van der Waals surface area (Å²) in [7, 11) is 0. The summed E-state index contributed by atoms with van der Waals surface area (Å²) in [6.07, 6.45) is 3.34. The number of carbonyl (C=O) groups is 1. The van der Waals surface area contributed by atoms with Crippen LogP contribution in [0.5, 0.6) is 0 Å². The first-order chi connectivity index (χ1) is 17.9. The summed E-state index contributed by atoms with van der Waals surface area (Å²) in [5, 5.41) is 2.91. The predicted octanol–water partition coefficient (Wildman–Crippen LogP) is 6.13. The number of likely N-dealkylation sites (tertiary alicyclic amines) is 1. The molecule has 1 fully saturated rings. The van der Waals surface area contributed by atoms with E-state index in [1.165, 1.54) is 22.2 Å². The smallest absolute Gasteiger partial charge is 0.221 e. The van der Waals surface area contributed by atoms with Gasteiger partial charge < -0.3 is 20.5 Å². The molecule has 1 aliphatic heterocycles. The van der Waals surface area contributed by atoms with Gasteiger partial charge in [-0.25, -0.2) is 4.98 Å². The van der Waals surface area contributed by atoms with E-state index < -0.39 is 0 Å². The van der Waals surface area contributed by atoms with Gasteiger partial charge in [0.2, 0.25) is 5.91 Å². The Morgan fingerprint density at radius 2 is 1.76 bits per heavy atom. The van der Waals surface area contributed by atoms with Crippen LogP contribution in [0.25, 0.3) is 22.4 Å². The second-order valence-electron chi connectivity index (χ2n) is 10.4. The Kier molecular flexibility index (Phi) is 7.28. The van der Waals surface area contributed by atoms with E-state index in [1.807, 2.05) is 30.3 Å². The quantitative estimate of drug-likeness (QED) is 0.302. The third-order valence-corrected chi connectivity index (χ3v) is 7.69. The predicted molar refractivity (Wildman–Crippen MR) is 153 cm³/mol. The third-order valence-electron chi connectivity index (χ3n) is 7.69. The lowest BCUT2D eigenvalue weighted by atomic mass is 9.89. The third kappa shape index (κ3) is 5.54. The van der Waals surface area contributed by atoms with Crippen LogP contribution in [-0.2, 0) is 11.3 Å². The number of amides is 1. The molecule has 0 saturated carbocycles. The van der Waals surface area contributed by atoms with Gasteiger partial charge in [-0.1, -0.05) is 24.3 Å². The molecule has 2 heterocycles. The van der Waals surface area contributed by atoms with Crippen molar-refractivity contribution in [2.75, 3.05) is 30.7 Å². The van der Waals surface area contributed by atoms with Crippen LogP contribution in [-0.4, -0.2) is 40.0 Å². The van der Waals surface area contributed by atoms with Gasteiger partial charge in [-0.2, -0.15) is 0 Å². The molecule has 0 radical (unpaired) electrons. The molecule has 5 rings (SSSR count). The average Bonchev–Trinajstić information content (AvgIpc) is 3.21. The number of benzene rings is 3. The van der Waals surface area contributed by atoms with Crippen LogP contribution < -0.4 is 11.1 Å². The van der Waals surface area contributed by atoms with E-state index in [-0.39, 0.29) is 5.91 Å². The molecule has 6 heteroatoms. The maximum absolute atomic E-state index is 11.4. The zero-order valence-electron chi connectivity index (χ0n) is 22.1. The van der Waals surface area contributed by atoms with E-state index in [9.17, 15) is 4.79 Å². The second kappa shape index (κ2) is 10.8. The summed E-state index contributed by atoms with van der Waals surface area (Å²) in [5.41, 5.74) is 15.1. The van der Waals surface area contributed by atoms with Crippen LogP contribution in [0.4, 0.5) is 11.4 Å². The number of carbonyl (C=O) groups excluding carboxylic acids is 1. The van der Waals surface area contributed by atoms with E-state index in [4.69, 9.17) is 10.7 Å². The van der Waals surface area contributed by atoms with Crippen molar-refractivity contribution in [2.24, 2.45) is 0 Å². The number of aromatic nitrogens is 2. The normalized spacial score (nSPS) is 14.8.